The van der Waals surface area contributed by atoms with Crippen molar-refractivity contribution in [2.24, 2.45) is 5.41 Å². The van der Waals surface area contributed by atoms with Gasteiger partial charge in [-0.25, -0.2) is 8.42 Å². The Balaban J connectivity index is 2.51. The predicted molar refractivity (Wildman–Crippen MR) is 76.9 cm³/mol. The number of sulfone groups is 1. The zero-order valence-corrected chi connectivity index (χ0v) is 12.8. The van der Waals surface area contributed by atoms with E-state index in [1.54, 1.807) is 0 Å². The summed E-state index contributed by atoms with van der Waals surface area (Å²) in [4.78, 5) is 0. The Morgan fingerprint density at radius 1 is 1.30 bits per heavy atom. The lowest BCUT2D eigenvalue weighted by molar-refractivity contribution is 0.0782. The number of aryl methyl sites for hydroxylation is 3. The summed E-state index contributed by atoms with van der Waals surface area (Å²) in [5, 5.41) is 20.1. The van der Waals surface area contributed by atoms with E-state index >= 15 is 0 Å². The number of nitriles is 1. The first-order valence-electron chi connectivity index (χ1n) is 6.58. The third-order valence-electron chi connectivity index (χ3n) is 4.09. The molecule has 0 amide bonds. The molecule has 1 fully saturated rings. The average Bonchev–Trinajstić information content (AvgIpc) is 2.65. The summed E-state index contributed by atoms with van der Waals surface area (Å²) in [6, 6.07) is 5.96. The molecule has 4 nitrogen and oxygen atoms in total. The van der Waals surface area contributed by atoms with Crippen LogP contribution in [0.3, 0.4) is 0 Å². The van der Waals surface area contributed by atoms with Crippen molar-refractivity contribution in [1.82, 2.24) is 0 Å². The SMILES string of the molecule is Cc1cc(C)c(C(O)C2(C#N)CCS(=O)(=O)C2)c(C)c1. The van der Waals surface area contributed by atoms with Crippen LogP contribution >= 0.6 is 0 Å². The van der Waals surface area contributed by atoms with Crippen LogP contribution in [-0.4, -0.2) is 25.0 Å². The van der Waals surface area contributed by atoms with Crippen molar-refractivity contribution in [2.75, 3.05) is 11.5 Å². The van der Waals surface area contributed by atoms with Crippen molar-refractivity contribution >= 4 is 9.84 Å². The molecule has 0 spiro atoms. The minimum atomic E-state index is -3.24. The van der Waals surface area contributed by atoms with Crippen LogP contribution in [0.4, 0.5) is 0 Å². The van der Waals surface area contributed by atoms with E-state index in [0.29, 0.717) is 5.56 Å². The van der Waals surface area contributed by atoms with Crippen LogP contribution in [0.5, 0.6) is 0 Å². The highest BCUT2D eigenvalue weighted by molar-refractivity contribution is 7.91. The molecular formula is C15H19NO3S. The van der Waals surface area contributed by atoms with Crippen LogP contribution in [-0.2, 0) is 9.84 Å². The molecule has 0 aromatic heterocycles. The molecule has 1 saturated heterocycles. The van der Waals surface area contributed by atoms with Gasteiger partial charge in [-0.2, -0.15) is 5.26 Å². The fourth-order valence-corrected chi connectivity index (χ4v) is 5.11. The van der Waals surface area contributed by atoms with E-state index in [-0.39, 0.29) is 17.9 Å². The zero-order valence-electron chi connectivity index (χ0n) is 12.0. The summed E-state index contributed by atoms with van der Waals surface area (Å²) in [5.41, 5.74) is 2.35. The van der Waals surface area contributed by atoms with Crippen molar-refractivity contribution in [3.05, 3.63) is 34.4 Å². The second kappa shape index (κ2) is 4.87. The molecule has 5 heteroatoms. The van der Waals surface area contributed by atoms with Crippen LogP contribution in [0.2, 0.25) is 0 Å². The van der Waals surface area contributed by atoms with Gasteiger partial charge in [0.05, 0.1) is 23.7 Å². The molecule has 0 saturated carbocycles. The van der Waals surface area contributed by atoms with Crippen molar-refractivity contribution in [1.29, 1.82) is 5.26 Å². The van der Waals surface area contributed by atoms with E-state index in [2.05, 4.69) is 6.07 Å². The Bertz CT molecular complexity index is 665. The van der Waals surface area contributed by atoms with E-state index in [9.17, 15) is 18.8 Å². The third kappa shape index (κ3) is 2.46. The van der Waals surface area contributed by atoms with Gasteiger partial charge in [-0.15, -0.1) is 0 Å². The van der Waals surface area contributed by atoms with Gasteiger partial charge in [-0.05, 0) is 43.9 Å². The largest absolute Gasteiger partial charge is 0.387 e. The summed E-state index contributed by atoms with van der Waals surface area (Å²) in [5.74, 6) is -0.286. The summed E-state index contributed by atoms with van der Waals surface area (Å²) >= 11 is 0. The quantitative estimate of drug-likeness (QED) is 0.904. The van der Waals surface area contributed by atoms with Gasteiger partial charge in [0.15, 0.2) is 9.84 Å². The molecule has 0 radical (unpaired) electrons. The summed E-state index contributed by atoms with van der Waals surface area (Å²) in [7, 11) is -3.24. The maximum atomic E-state index is 11.7. The van der Waals surface area contributed by atoms with E-state index in [1.165, 1.54) is 0 Å². The number of benzene rings is 1. The highest BCUT2D eigenvalue weighted by atomic mass is 32.2. The standard InChI is InChI=1S/C15H19NO3S/c1-10-6-11(2)13(12(3)7-10)14(17)15(8-16)4-5-20(18,19)9-15/h6-7,14,17H,4-5,9H2,1-3H3. The lowest BCUT2D eigenvalue weighted by Gasteiger charge is -2.28. The Hall–Kier alpha value is -1.38. The Kier molecular flexibility index (Phi) is 3.66. The van der Waals surface area contributed by atoms with Gasteiger partial charge >= 0.3 is 0 Å². The third-order valence-corrected chi connectivity index (χ3v) is 5.88. The maximum absolute atomic E-state index is 11.7. The van der Waals surface area contributed by atoms with Crippen molar-refractivity contribution < 1.29 is 13.5 Å². The number of rotatable bonds is 2. The van der Waals surface area contributed by atoms with Crippen molar-refractivity contribution in [3.63, 3.8) is 0 Å². The number of hydrogen-bond acceptors (Lipinski definition) is 4. The fourth-order valence-electron chi connectivity index (χ4n) is 3.14. The Labute approximate surface area is 120 Å². The molecule has 0 bridgehead atoms. The van der Waals surface area contributed by atoms with Gasteiger partial charge < -0.3 is 5.11 Å². The Morgan fingerprint density at radius 2 is 1.85 bits per heavy atom. The molecular weight excluding hydrogens is 274 g/mol. The lowest BCUT2D eigenvalue weighted by atomic mass is 9.77. The molecule has 1 aliphatic rings. The van der Waals surface area contributed by atoms with Gasteiger partial charge in [0.2, 0.25) is 0 Å². The minimum Gasteiger partial charge on any atom is -0.387 e. The lowest BCUT2D eigenvalue weighted by Crippen LogP contribution is -2.30. The number of nitrogens with zero attached hydrogens (tertiary/aromatic N) is 1. The van der Waals surface area contributed by atoms with Crippen LogP contribution < -0.4 is 0 Å². The highest BCUT2D eigenvalue weighted by Gasteiger charge is 2.49. The van der Waals surface area contributed by atoms with Crippen molar-refractivity contribution in [3.8, 4) is 6.07 Å². The second-order valence-electron chi connectivity index (χ2n) is 5.82. The minimum absolute atomic E-state index is 0.0262. The predicted octanol–water partition coefficient (Wildman–Crippen LogP) is 1.97. The first-order chi connectivity index (χ1) is 9.21. The van der Waals surface area contributed by atoms with Gasteiger partial charge in [-0.3, -0.25) is 0 Å². The molecule has 1 heterocycles. The number of aliphatic hydroxyl groups excluding tert-OH is 1. The zero-order chi connectivity index (χ0) is 15.1. The molecule has 2 atom stereocenters. The highest BCUT2D eigenvalue weighted by Crippen LogP contribution is 2.44. The molecule has 1 aromatic rings. The first kappa shape index (κ1) is 15.0. The summed E-state index contributed by atoms with van der Waals surface area (Å²) < 4.78 is 23.4. The number of aliphatic hydroxyl groups is 1. The van der Waals surface area contributed by atoms with E-state index in [0.717, 1.165) is 16.7 Å². The fraction of sp³-hybridized carbons (Fsp3) is 0.533. The summed E-state index contributed by atoms with van der Waals surface area (Å²) in [6.07, 6.45) is -0.870. The van der Waals surface area contributed by atoms with E-state index in [1.807, 2.05) is 32.9 Å². The maximum Gasteiger partial charge on any atom is 0.152 e. The molecule has 108 valence electrons. The molecule has 1 N–H and O–H groups in total. The van der Waals surface area contributed by atoms with Crippen LogP contribution in [0, 0.1) is 37.5 Å². The summed E-state index contributed by atoms with van der Waals surface area (Å²) in [6.45, 7) is 5.73. The van der Waals surface area contributed by atoms with Gasteiger partial charge in [-0.1, -0.05) is 17.7 Å². The average molecular weight is 293 g/mol. The van der Waals surface area contributed by atoms with Crippen LogP contribution in [0.1, 0.15) is 34.8 Å². The molecule has 20 heavy (non-hydrogen) atoms. The van der Waals surface area contributed by atoms with E-state index < -0.39 is 21.4 Å². The van der Waals surface area contributed by atoms with Crippen LogP contribution in [0.15, 0.2) is 12.1 Å². The van der Waals surface area contributed by atoms with Gasteiger partial charge in [0.25, 0.3) is 0 Å². The smallest absolute Gasteiger partial charge is 0.152 e. The Morgan fingerprint density at radius 3 is 2.25 bits per heavy atom. The molecule has 2 unspecified atom stereocenters. The van der Waals surface area contributed by atoms with Gasteiger partial charge in [0.1, 0.15) is 5.41 Å². The molecule has 1 aromatic carbocycles. The molecule has 2 rings (SSSR count). The van der Waals surface area contributed by atoms with E-state index in [4.69, 9.17) is 0 Å². The molecule has 0 aliphatic carbocycles. The topological polar surface area (TPSA) is 78.2 Å². The van der Waals surface area contributed by atoms with Crippen molar-refractivity contribution in [2.45, 2.75) is 33.3 Å². The van der Waals surface area contributed by atoms with Gasteiger partial charge in [0, 0.05) is 0 Å². The monoisotopic (exact) mass is 293 g/mol. The second-order valence-corrected chi connectivity index (χ2v) is 8.01. The normalized spacial score (nSPS) is 26.1. The number of hydrogen-bond donors (Lipinski definition) is 1. The first-order valence-corrected chi connectivity index (χ1v) is 8.40. The molecule has 1 aliphatic heterocycles. The van der Waals surface area contributed by atoms with Crippen LogP contribution in [0.25, 0.3) is 0 Å².